The van der Waals surface area contributed by atoms with Gasteiger partial charge in [-0.2, -0.15) is 10.4 Å². The number of aromatic nitrogens is 3. The number of carbonyl (C=O) groups excluding carboxylic acids is 1. The average Bonchev–Trinajstić information content (AvgIpc) is 3.21. The van der Waals surface area contributed by atoms with Crippen LogP contribution < -0.4 is 5.32 Å². The Morgan fingerprint density at radius 2 is 2.10 bits per heavy atom. The molecular formula is C22H21N5O2. The van der Waals surface area contributed by atoms with E-state index in [9.17, 15) is 15.2 Å². The number of anilines is 1. The van der Waals surface area contributed by atoms with Crippen LogP contribution in [0, 0.1) is 11.3 Å². The lowest BCUT2D eigenvalue weighted by atomic mass is 9.74. The van der Waals surface area contributed by atoms with Gasteiger partial charge in [0.05, 0.1) is 23.5 Å². The van der Waals surface area contributed by atoms with Gasteiger partial charge in [-0.25, -0.2) is 4.98 Å². The summed E-state index contributed by atoms with van der Waals surface area (Å²) in [4.78, 5) is 16.7. The van der Waals surface area contributed by atoms with Crippen LogP contribution in [0.15, 0.2) is 36.5 Å². The molecule has 1 amide bonds. The molecule has 0 unspecified atom stereocenters. The predicted molar refractivity (Wildman–Crippen MR) is 108 cm³/mol. The van der Waals surface area contributed by atoms with Gasteiger partial charge in [0, 0.05) is 22.7 Å². The van der Waals surface area contributed by atoms with Gasteiger partial charge in [-0.05, 0) is 37.8 Å². The van der Waals surface area contributed by atoms with E-state index in [0.717, 1.165) is 30.2 Å². The number of hydrogen-bond donors (Lipinski definition) is 2. The van der Waals surface area contributed by atoms with E-state index < -0.39 is 11.5 Å². The number of carbonyl (C=O) groups is 1. The maximum Gasteiger partial charge on any atom is 0.262 e. The molecule has 0 bridgehead atoms. The number of hydrogen-bond acceptors (Lipinski definition) is 5. The SMILES string of the molecule is CC[C@@]1(O)C(=O)Nc2nccc(-c3nn(C4(CC#N)CCC4)c4ccccc34)c21. The predicted octanol–water partition coefficient (Wildman–Crippen LogP) is 3.44. The highest BCUT2D eigenvalue weighted by Crippen LogP contribution is 2.47. The Morgan fingerprint density at radius 3 is 2.79 bits per heavy atom. The van der Waals surface area contributed by atoms with Crippen molar-refractivity contribution in [3.8, 4) is 17.3 Å². The van der Waals surface area contributed by atoms with Crippen LogP contribution >= 0.6 is 0 Å². The van der Waals surface area contributed by atoms with Gasteiger partial charge < -0.3 is 10.4 Å². The van der Waals surface area contributed by atoms with Crippen molar-refractivity contribution in [3.63, 3.8) is 0 Å². The molecule has 1 aliphatic heterocycles. The maximum atomic E-state index is 12.5. The van der Waals surface area contributed by atoms with Gasteiger partial charge in [0.1, 0.15) is 11.5 Å². The minimum atomic E-state index is -1.63. The first kappa shape index (κ1) is 17.8. The van der Waals surface area contributed by atoms with E-state index in [1.807, 2.05) is 28.9 Å². The molecule has 1 aromatic carbocycles. The summed E-state index contributed by atoms with van der Waals surface area (Å²) in [5, 5.41) is 29.1. The van der Waals surface area contributed by atoms with Crippen molar-refractivity contribution in [2.24, 2.45) is 0 Å². The molecule has 0 radical (unpaired) electrons. The summed E-state index contributed by atoms with van der Waals surface area (Å²) in [6, 6.07) is 12.1. The lowest BCUT2D eigenvalue weighted by Gasteiger charge is -2.40. The van der Waals surface area contributed by atoms with E-state index in [-0.39, 0.29) is 12.0 Å². The second kappa shape index (κ2) is 6.13. The zero-order valence-electron chi connectivity index (χ0n) is 16.1. The summed E-state index contributed by atoms with van der Waals surface area (Å²) >= 11 is 0. The first-order valence-electron chi connectivity index (χ1n) is 9.93. The van der Waals surface area contributed by atoms with Crippen LogP contribution in [0.3, 0.4) is 0 Å². The van der Waals surface area contributed by atoms with Crippen molar-refractivity contribution >= 4 is 22.6 Å². The molecule has 146 valence electrons. The number of para-hydroxylation sites is 1. The molecular weight excluding hydrogens is 366 g/mol. The fourth-order valence-electron chi connectivity index (χ4n) is 4.66. The number of aliphatic hydroxyl groups is 1. The third-order valence-corrected chi connectivity index (χ3v) is 6.47. The quantitative estimate of drug-likeness (QED) is 0.714. The molecule has 2 aromatic heterocycles. The maximum absolute atomic E-state index is 12.5. The summed E-state index contributed by atoms with van der Waals surface area (Å²) in [6.45, 7) is 1.78. The highest BCUT2D eigenvalue weighted by Gasteiger charge is 2.47. The van der Waals surface area contributed by atoms with Gasteiger partial charge in [-0.1, -0.05) is 25.1 Å². The summed E-state index contributed by atoms with van der Waals surface area (Å²) in [6.07, 6.45) is 5.17. The van der Waals surface area contributed by atoms with Gasteiger partial charge in [-0.15, -0.1) is 0 Å². The first-order chi connectivity index (χ1) is 14.0. The first-order valence-corrected chi connectivity index (χ1v) is 9.93. The Kier molecular flexibility index (Phi) is 3.77. The zero-order chi connectivity index (χ0) is 20.2. The monoisotopic (exact) mass is 387 g/mol. The normalized spacial score (nSPS) is 22.0. The minimum absolute atomic E-state index is 0.238. The Hall–Kier alpha value is -3.24. The Labute approximate surface area is 168 Å². The van der Waals surface area contributed by atoms with Crippen LogP contribution in [-0.2, 0) is 15.9 Å². The minimum Gasteiger partial charge on any atom is -0.375 e. The lowest BCUT2D eigenvalue weighted by molar-refractivity contribution is -0.133. The molecule has 7 nitrogen and oxygen atoms in total. The van der Waals surface area contributed by atoms with Crippen LogP contribution in [0.2, 0.25) is 0 Å². The molecule has 5 rings (SSSR count). The summed E-state index contributed by atoms with van der Waals surface area (Å²) < 4.78 is 1.99. The van der Waals surface area contributed by atoms with Crippen LogP contribution in [0.25, 0.3) is 22.2 Å². The Morgan fingerprint density at radius 1 is 1.31 bits per heavy atom. The molecule has 1 atom stereocenters. The molecule has 2 aliphatic rings. The van der Waals surface area contributed by atoms with Gasteiger partial charge in [-0.3, -0.25) is 9.48 Å². The number of nitrogens with one attached hydrogen (secondary N) is 1. The van der Waals surface area contributed by atoms with Crippen molar-refractivity contribution in [1.82, 2.24) is 14.8 Å². The molecule has 29 heavy (non-hydrogen) atoms. The van der Waals surface area contributed by atoms with E-state index in [1.165, 1.54) is 0 Å². The van der Waals surface area contributed by atoms with E-state index in [2.05, 4.69) is 16.4 Å². The molecule has 1 fully saturated rings. The number of pyridine rings is 1. The number of nitriles is 1. The Bertz CT molecular complexity index is 1190. The topological polar surface area (TPSA) is 104 Å². The van der Waals surface area contributed by atoms with Crippen molar-refractivity contribution in [2.75, 3.05) is 5.32 Å². The standard InChI is InChI=1S/C22H21N5O2/c1-2-22(29)17-15(8-13-24-19(17)25-20(22)28)18-14-6-3-4-7-16(14)27(26-18)21(11-12-23)9-5-10-21/h3-4,6-8,13,29H,2,5,9-11H2,1H3,(H,24,25,28)/t22-/m0/s1. The second-order valence-corrected chi connectivity index (χ2v) is 7.94. The molecule has 0 saturated heterocycles. The zero-order valence-corrected chi connectivity index (χ0v) is 16.1. The van der Waals surface area contributed by atoms with Crippen molar-refractivity contribution < 1.29 is 9.90 Å². The summed E-state index contributed by atoms with van der Waals surface area (Å²) in [7, 11) is 0. The smallest absolute Gasteiger partial charge is 0.262 e. The van der Waals surface area contributed by atoms with Crippen LogP contribution in [-0.4, -0.2) is 25.8 Å². The fraction of sp³-hybridized carbons (Fsp3) is 0.364. The fourth-order valence-corrected chi connectivity index (χ4v) is 4.66. The van der Waals surface area contributed by atoms with Gasteiger partial charge in [0.2, 0.25) is 0 Å². The molecule has 2 N–H and O–H groups in total. The van der Waals surface area contributed by atoms with Crippen molar-refractivity contribution in [1.29, 1.82) is 5.26 Å². The molecule has 3 heterocycles. The molecule has 7 heteroatoms. The molecule has 1 aliphatic carbocycles. The molecule has 1 saturated carbocycles. The third-order valence-electron chi connectivity index (χ3n) is 6.47. The van der Waals surface area contributed by atoms with E-state index in [4.69, 9.17) is 5.10 Å². The van der Waals surface area contributed by atoms with E-state index in [1.54, 1.807) is 19.2 Å². The van der Waals surface area contributed by atoms with Crippen molar-refractivity contribution in [2.45, 2.75) is 50.2 Å². The van der Waals surface area contributed by atoms with Crippen LogP contribution in [0.4, 0.5) is 5.82 Å². The number of rotatable bonds is 4. The van der Waals surface area contributed by atoms with Gasteiger partial charge in [0.25, 0.3) is 5.91 Å². The molecule has 0 spiro atoms. The lowest BCUT2D eigenvalue weighted by Crippen LogP contribution is -2.41. The number of amides is 1. The van der Waals surface area contributed by atoms with E-state index >= 15 is 0 Å². The number of benzene rings is 1. The second-order valence-electron chi connectivity index (χ2n) is 7.94. The summed E-state index contributed by atoms with van der Waals surface area (Å²) in [5.74, 6) is -0.0792. The number of fused-ring (bicyclic) bond motifs is 2. The highest BCUT2D eigenvalue weighted by atomic mass is 16.3. The van der Waals surface area contributed by atoms with Gasteiger partial charge in [0.15, 0.2) is 5.60 Å². The van der Waals surface area contributed by atoms with Gasteiger partial charge >= 0.3 is 0 Å². The molecule has 3 aromatic rings. The Balaban J connectivity index is 1.79. The van der Waals surface area contributed by atoms with Crippen molar-refractivity contribution in [3.05, 3.63) is 42.1 Å². The number of nitrogens with zero attached hydrogens (tertiary/aromatic N) is 4. The van der Waals surface area contributed by atoms with Crippen LogP contribution in [0.1, 0.15) is 44.6 Å². The summed E-state index contributed by atoms with van der Waals surface area (Å²) in [5.41, 5.74) is 0.903. The van der Waals surface area contributed by atoms with Crippen LogP contribution in [0.5, 0.6) is 0 Å². The largest absolute Gasteiger partial charge is 0.375 e. The van der Waals surface area contributed by atoms with E-state index in [0.29, 0.717) is 29.1 Å². The highest BCUT2D eigenvalue weighted by molar-refractivity contribution is 6.07. The average molecular weight is 387 g/mol. The third kappa shape index (κ3) is 2.29.